The van der Waals surface area contributed by atoms with E-state index < -0.39 is 21.9 Å². The average molecular weight is 250 g/mol. The SMILES string of the molecule is N#CCC1(Cn2cc([N+](=O)[O-])c(=O)[nH]c2=O)CC1. The minimum atomic E-state index is -1.01. The zero-order chi connectivity index (χ0) is 13.3. The predicted octanol–water partition coefficient (Wildman–Crippen LogP) is 0.139. The molecule has 8 nitrogen and oxygen atoms in total. The highest BCUT2D eigenvalue weighted by Crippen LogP contribution is 2.49. The van der Waals surface area contributed by atoms with E-state index in [9.17, 15) is 19.7 Å². The fourth-order valence-electron chi connectivity index (χ4n) is 1.84. The zero-order valence-corrected chi connectivity index (χ0v) is 9.38. The van der Waals surface area contributed by atoms with Gasteiger partial charge in [-0.05, 0) is 12.8 Å². The van der Waals surface area contributed by atoms with Crippen molar-refractivity contribution >= 4 is 5.69 Å². The molecule has 2 rings (SSSR count). The second kappa shape index (κ2) is 4.10. The van der Waals surface area contributed by atoms with Crippen LogP contribution in [0.4, 0.5) is 5.69 Å². The van der Waals surface area contributed by atoms with E-state index in [0.717, 1.165) is 23.6 Å². The molecule has 8 heteroatoms. The summed E-state index contributed by atoms with van der Waals surface area (Å²) in [5.41, 5.74) is -2.63. The van der Waals surface area contributed by atoms with Crippen LogP contribution < -0.4 is 11.2 Å². The number of rotatable bonds is 4. The van der Waals surface area contributed by atoms with Gasteiger partial charge in [0.05, 0.1) is 17.2 Å². The second-order valence-electron chi connectivity index (χ2n) is 4.49. The normalized spacial score (nSPS) is 15.9. The van der Waals surface area contributed by atoms with Crippen LogP contribution in [0.25, 0.3) is 0 Å². The van der Waals surface area contributed by atoms with E-state index in [2.05, 4.69) is 0 Å². The van der Waals surface area contributed by atoms with Gasteiger partial charge in [0.25, 0.3) is 0 Å². The molecule has 0 amide bonds. The van der Waals surface area contributed by atoms with Crippen LogP contribution in [0, 0.1) is 26.9 Å². The molecule has 0 bridgehead atoms. The maximum absolute atomic E-state index is 11.5. The summed E-state index contributed by atoms with van der Waals surface area (Å²) in [4.78, 5) is 34.4. The largest absolute Gasteiger partial charge is 0.350 e. The average Bonchev–Trinajstić information content (AvgIpc) is 3.02. The van der Waals surface area contributed by atoms with Crippen molar-refractivity contribution in [1.82, 2.24) is 9.55 Å². The summed E-state index contributed by atoms with van der Waals surface area (Å²) in [5, 5.41) is 19.3. The molecule has 1 aliphatic carbocycles. The standard InChI is InChI=1S/C10H10N4O4/c11-4-3-10(1-2-10)6-13-5-7(14(17)18)8(15)12-9(13)16/h5H,1-3,6H2,(H,12,15,16). The number of aromatic nitrogens is 2. The van der Waals surface area contributed by atoms with Crippen molar-refractivity contribution in [3.63, 3.8) is 0 Å². The summed E-state index contributed by atoms with van der Waals surface area (Å²) in [7, 11) is 0. The van der Waals surface area contributed by atoms with Crippen molar-refractivity contribution in [2.45, 2.75) is 25.8 Å². The predicted molar refractivity (Wildman–Crippen MR) is 59.9 cm³/mol. The van der Waals surface area contributed by atoms with Crippen LogP contribution in [-0.4, -0.2) is 14.5 Å². The van der Waals surface area contributed by atoms with Crippen LogP contribution in [0.1, 0.15) is 19.3 Å². The highest BCUT2D eigenvalue weighted by molar-refractivity contribution is 5.21. The summed E-state index contributed by atoms with van der Waals surface area (Å²) in [6.45, 7) is 0.219. The van der Waals surface area contributed by atoms with Crippen LogP contribution in [0.15, 0.2) is 15.8 Å². The lowest BCUT2D eigenvalue weighted by atomic mass is 10.0. The minimum Gasteiger partial charge on any atom is -0.293 e. The summed E-state index contributed by atoms with van der Waals surface area (Å²) in [6.07, 6.45) is 2.85. The number of nitrogens with one attached hydrogen (secondary N) is 1. The lowest BCUT2D eigenvalue weighted by Gasteiger charge is -2.12. The van der Waals surface area contributed by atoms with Gasteiger partial charge in [-0.2, -0.15) is 5.26 Å². The number of hydrogen-bond acceptors (Lipinski definition) is 5. The fraction of sp³-hybridized carbons (Fsp3) is 0.500. The molecule has 94 valence electrons. The second-order valence-corrected chi connectivity index (χ2v) is 4.49. The Kier molecular flexibility index (Phi) is 2.74. The first-order chi connectivity index (χ1) is 8.47. The number of nitro groups is 1. The molecule has 18 heavy (non-hydrogen) atoms. The molecule has 0 radical (unpaired) electrons. The summed E-state index contributed by atoms with van der Waals surface area (Å²) >= 11 is 0. The Morgan fingerprint density at radius 2 is 2.22 bits per heavy atom. The maximum Gasteiger partial charge on any atom is 0.350 e. The molecule has 0 saturated heterocycles. The monoisotopic (exact) mass is 250 g/mol. The smallest absolute Gasteiger partial charge is 0.293 e. The van der Waals surface area contributed by atoms with E-state index in [1.165, 1.54) is 0 Å². The Hall–Kier alpha value is -2.43. The zero-order valence-electron chi connectivity index (χ0n) is 9.38. The third-order valence-corrected chi connectivity index (χ3v) is 3.11. The van der Waals surface area contributed by atoms with Crippen LogP contribution in [0.2, 0.25) is 0 Å². The van der Waals surface area contributed by atoms with Crippen LogP contribution in [0.3, 0.4) is 0 Å². The lowest BCUT2D eigenvalue weighted by molar-refractivity contribution is -0.386. The van der Waals surface area contributed by atoms with Crippen molar-refractivity contribution in [2.24, 2.45) is 5.41 Å². The maximum atomic E-state index is 11.5. The lowest BCUT2D eigenvalue weighted by Crippen LogP contribution is -2.32. The Balaban J connectivity index is 2.38. The Bertz CT molecular complexity index is 647. The first-order valence-electron chi connectivity index (χ1n) is 5.33. The molecule has 1 heterocycles. The van der Waals surface area contributed by atoms with E-state index in [1.54, 1.807) is 0 Å². The number of nitrogens with zero attached hydrogens (tertiary/aromatic N) is 3. The summed E-state index contributed by atoms with van der Waals surface area (Å²) < 4.78 is 1.10. The third-order valence-electron chi connectivity index (χ3n) is 3.11. The van der Waals surface area contributed by atoms with Crippen molar-refractivity contribution in [3.8, 4) is 6.07 Å². The first kappa shape index (κ1) is 12.0. The summed E-state index contributed by atoms with van der Waals surface area (Å²) in [5.74, 6) is 0. The highest BCUT2D eigenvalue weighted by Gasteiger charge is 2.43. The van der Waals surface area contributed by atoms with Gasteiger partial charge in [-0.25, -0.2) is 4.79 Å². The van der Waals surface area contributed by atoms with Gasteiger partial charge in [0.1, 0.15) is 0 Å². The van der Waals surface area contributed by atoms with E-state index >= 15 is 0 Å². The van der Waals surface area contributed by atoms with Crippen LogP contribution in [-0.2, 0) is 6.54 Å². The van der Waals surface area contributed by atoms with Gasteiger partial charge in [-0.15, -0.1) is 0 Å². The molecule has 0 aromatic carbocycles. The van der Waals surface area contributed by atoms with E-state index in [0.29, 0.717) is 6.42 Å². The molecular formula is C10H10N4O4. The molecule has 1 saturated carbocycles. The quantitative estimate of drug-likeness (QED) is 0.601. The third kappa shape index (κ3) is 2.15. The molecule has 1 aromatic rings. The van der Waals surface area contributed by atoms with Crippen LogP contribution in [0.5, 0.6) is 0 Å². The molecule has 0 atom stereocenters. The van der Waals surface area contributed by atoms with Gasteiger partial charge < -0.3 is 0 Å². The van der Waals surface area contributed by atoms with Gasteiger partial charge in [-0.1, -0.05) is 0 Å². The number of hydrogen-bond donors (Lipinski definition) is 1. The van der Waals surface area contributed by atoms with Gasteiger partial charge in [0, 0.05) is 18.4 Å². The van der Waals surface area contributed by atoms with Crippen molar-refractivity contribution in [1.29, 1.82) is 5.26 Å². The van der Waals surface area contributed by atoms with Gasteiger partial charge in [0.2, 0.25) is 0 Å². The van der Waals surface area contributed by atoms with Gasteiger partial charge in [-0.3, -0.25) is 24.5 Å². The molecular weight excluding hydrogens is 240 g/mol. The van der Waals surface area contributed by atoms with E-state index in [1.807, 2.05) is 11.1 Å². The van der Waals surface area contributed by atoms with Gasteiger partial charge >= 0.3 is 16.9 Å². The fourth-order valence-corrected chi connectivity index (χ4v) is 1.84. The Morgan fingerprint density at radius 1 is 1.56 bits per heavy atom. The van der Waals surface area contributed by atoms with Crippen molar-refractivity contribution in [2.75, 3.05) is 0 Å². The Labute approximate surface area is 101 Å². The van der Waals surface area contributed by atoms with Crippen molar-refractivity contribution in [3.05, 3.63) is 37.1 Å². The van der Waals surface area contributed by atoms with E-state index in [4.69, 9.17) is 5.26 Å². The number of nitriles is 1. The summed E-state index contributed by atoms with van der Waals surface area (Å²) in [6, 6.07) is 2.04. The molecule has 1 aromatic heterocycles. The first-order valence-corrected chi connectivity index (χ1v) is 5.33. The number of H-pyrrole nitrogens is 1. The minimum absolute atomic E-state index is 0.219. The number of aromatic amines is 1. The Morgan fingerprint density at radius 3 is 2.72 bits per heavy atom. The van der Waals surface area contributed by atoms with E-state index in [-0.39, 0.29) is 12.0 Å². The molecule has 0 unspecified atom stereocenters. The van der Waals surface area contributed by atoms with Crippen molar-refractivity contribution < 1.29 is 4.92 Å². The highest BCUT2D eigenvalue weighted by atomic mass is 16.6. The molecule has 1 aliphatic rings. The molecule has 1 fully saturated rings. The topological polar surface area (TPSA) is 122 Å². The van der Waals surface area contributed by atoms with Gasteiger partial charge in [0.15, 0.2) is 0 Å². The molecule has 0 spiro atoms. The van der Waals surface area contributed by atoms with Crippen LogP contribution >= 0.6 is 0 Å². The molecule has 1 N–H and O–H groups in total. The molecule has 0 aliphatic heterocycles.